The number of carbonyl (C=O) groups is 1. The lowest BCUT2D eigenvalue weighted by atomic mass is 10.1. The zero-order valence-electron chi connectivity index (χ0n) is 11.4. The summed E-state index contributed by atoms with van der Waals surface area (Å²) in [5, 5.41) is -0.343. The van der Waals surface area contributed by atoms with E-state index in [1.54, 1.807) is 11.8 Å². The van der Waals surface area contributed by atoms with Crippen LogP contribution in [0.25, 0.3) is 0 Å². The van der Waals surface area contributed by atoms with E-state index < -0.39 is 9.84 Å². The summed E-state index contributed by atoms with van der Waals surface area (Å²) >= 11 is 0. The third-order valence-corrected chi connectivity index (χ3v) is 6.02. The van der Waals surface area contributed by atoms with Crippen molar-refractivity contribution in [3.63, 3.8) is 0 Å². The molecule has 0 radical (unpaired) electrons. The van der Waals surface area contributed by atoms with Crippen molar-refractivity contribution in [2.75, 3.05) is 18.8 Å². The first-order valence-corrected chi connectivity index (χ1v) is 8.42. The number of nitrogens with zero attached hydrogens (tertiary/aromatic N) is 1. The average Bonchev–Trinajstić information content (AvgIpc) is 2.47. The summed E-state index contributed by atoms with van der Waals surface area (Å²) in [6.07, 6.45) is 0.951. The van der Waals surface area contributed by atoms with E-state index in [1.165, 1.54) is 24.3 Å². The Morgan fingerprint density at radius 1 is 1.25 bits per heavy atom. The Kier molecular flexibility index (Phi) is 4.42. The SMILES string of the molecule is CCS(=O)(=O)C1CCN(C(=O)c2ccc(F)cc2)CC1. The Labute approximate surface area is 118 Å². The van der Waals surface area contributed by atoms with Gasteiger partial charge in [0.2, 0.25) is 0 Å². The molecule has 0 atom stereocenters. The monoisotopic (exact) mass is 299 g/mol. The Bertz CT molecular complexity index is 575. The maximum Gasteiger partial charge on any atom is 0.253 e. The van der Waals surface area contributed by atoms with Crippen LogP contribution in [-0.2, 0) is 9.84 Å². The molecule has 20 heavy (non-hydrogen) atoms. The lowest BCUT2D eigenvalue weighted by Gasteiger charge is -2.31. The lowest BCUT2D eigenvalue weighted by Crippen LogP contribution is -2.42. The molecule has 0 aliphatic carbocycles. The van der Waals surface area contributed by atoms with Gasteiger partial charge in [0.25, 0.3) is 5.91 Å². The molecular formula is C14H18FNO3S. The van der Waals surface area contributed by atoms with Crippen molar-refractivity contribution in [3.8, 4) is 0 Å². The van der Waals surface area contributed by atoms with Crippen LogP contribution in [0.3, 0.4) is 0 Å². The second kappa shape index (κ2) is 5.91. The molecule has 0 saturated carbocycles. The highest BCUT2D eigenvalue weighted by molar-refractivity contribution is 7.92. The number of hydrogen-bond acceptors (Lipinski definition) is 3. The smallest absolute Gasteiger partial charge is 0.253 e. The number of sulfone groups is 1. The molecule has 1 aliphatic heterocycles. The van der Waals surface area contributed by atoms with Crippen LogP contribution in [0.4, 0.5) is 4.39 Å². The maximum absolute atomic E-state index is 12.8. The summed E-state index contributed by atoms with van der Waals surface area (Å²) in [7, 11) is -3.03. The largest absolute Gasteiger partial charge is 0.339 e. The van der Waals surface area contributed by atoms with Gasteiger partial charge in [-0.3, -0.25) is 4.79 Å². The Morgan fingerprint density at radius 3 is 2.30 bits per heavy atom. The van der Waals surface area contributed by atoms with Crippen molar-refractivity contribution in [2.24, 2.45) is 0 Å². The minimum Gasteiger partial charge on any atom is -0.339 e. The van der Waals surface area contributed by atoms with Gasteiger partial charge in [0.15, 0.2) is 9.84 Å². The van der Waals surface area contributed by atoms with Crippen molar-refractivity contribution < 1.29 is 17.6 Å². The van der Waals surface area contributed by atoms with E-state index in [0.717, 1.165) is 0 Å². The molecule has 110 valence electrons. The normalized spacial score (nSPS) is 17.2. The van der Waals surface area contributed by atoms with Gasteiger partial charge in [-0.2, -0.15) is 0 Å². The summed E-state index contributed by atoms with van der Waals surface area (Å²) < 4.78 is 36.4. The number of amides is 1. The van der Waals surface area contributed by atoms with Gasteiger partial charge in [-0.25, -0.2) is 12.8 Å². The fourth-order valence-corrected chi connectivity index (χ4v) is 3.83. The fraction of sp³-hybridized carbons (Fsp3) is 0.500. The molecule has 1 saturated heterocycles. The molecule has 0 N–H and O–H groups in total. The average molecular weight is 299 g/mol. The number of rotatable bonds is 3. The fourth-order valence-electron chi connectivity index (χ4n) is 2.43. The van der Waals surface area contributed by atoms with Gasteiger partial charge in [-0.1, -0.05) is 6.92 Å². The van der Waals surface area contributed by atoms with Crippen LogP contribution in [0.5, 0.6) is 0 Å². The zero-order chi connectivity index (χ0) is 14.8. The summed E-state index contributed by atoms with van der Waals surface area (Å²) in [6.45, 7) is 2.51. The van der Waals surface area contributed by atoms with E-state index in [0.29, 0.717) is 31.5 Å². The Balaban J connectivity index is 2.00. The summed E-state index contributed by atoms with van der Waals surface area (Å²) in [4.78, 5) is 13.8. The molecule has 1 heterocycles. The number of likely N-dealkylation sites (tertiary alicyclic amines) is 1. The van der Waals surface area contributed by atoms with Crippen LogP contribution >= 0.6 is 0 Å². The van der Waals surface area contributed by atoms with Crippen molar-refractivity contribution in [2.45, 2.75) is 25.0 Å². The number of hydrogen-bond donors (Lipinski definition) is 0. The highest BCUT2D eigenvalue weighted by atomic mass is 32.2. The van der Waals surface area contributed by atoms with Gasteiger partial charge in [-0.15, -0.1) is 0 Å². The summed E-state index contributed by atoms with van der Waals surface area (Å²) in [5.74, 6) is -0.407. The van der Waals surface area contributed by atoms with Gasteiger partial charge >= 0.3 is 0 Å². The van der Waals surface area contributed by atoms with Gasteiger partial charge in [0, 0.05) is 24.4 Å². The van der Waals surface area contributed by atoms with E-state index >= 15 is 0 Å². The van der Waals surface area contributed by atoms with Crippen molar-refractivity contribution in [1.29, 1.82) is 0 Å². The van der Waals surface area contributed by atoms with E-state index in [9.17, 15) is 17.6 Å². The number of halogens is 1. The molecule has 6 heteroatoms. The van der Waals surface area contributed by atoms with E-state index in [4.69, 9.17) is 0 Å². The molecule has 0 spiro atoms. The maximum atomic E-state index is 12.8. The molecule has 0 unspecified atom stereocenters. The molecule has 1 aromatic rings. The Morgan fingerprint density at radius 2 is 1.80 bits per heavy atom. The van der Waals surface area contributed by atoms with Crippen LogP contribution in [-0.4, -0.2) is 43.3 Å². The standard InChI is InChI=1S/C14H18FNO3S/c1-2-20(18,19)13-7-9-16(10-8-13)14(17)11-3-5-12(15)6-4-11/h3-6,13H,2,7-10H2,1H3. The van der Waals surface area contributed by atoms with Crippen LogP contribution in [0, 0.1) is 5.82 Å². The first-order chi connectivity index (χ1) is 9.44. The first kappa shape index (κ1) is 15.0. The minimum atomic E-state index is -3.03. The molecule has 0 aromatic heterocycles. The third-order valence-electron chi connectivity index (χ3n) is 3.73. The molecule has 1 aromatic carbocycles. The zero-order valence-corrected chi connectivity index (χ0v) is 12.2. The van der Waals surface area contributed by atoms with E-state index in [1.807, 2.05) is 0 Å². The minimum absolute atomic E-state index is 0.142. The Hall–Kier alpha value is -1.43. The first-order valence-electron chi connectivity index (χ1n) is 6.70. The topological polar surface area (TPSA) is 54.5 Å². The molecule has 1 fully saturated rings. The predicted molar refractivity (Wildman–Crippen MR) is 74.8 cm³/mol. The quantitative estimate of drug-likeness (QED) is 0.856. The second-order valence-corrected chi connectivity index (χ2v) is 7.52. The third kappa shape index (κ3) is 3.17. The highest BCUT2D eigenvalue weighted by Crippen LogP contribution is 2.20. The second-order valence-electron chi connectivity index (χ2n) is 4.95. The van der Waals surface area contributed by atoms with Crippen LogP contribution < -0.4 is 0 Å². The molecule has 1 amide bonds. The van der Waals surface area contributed by atoms with Gasteiger partial charge in [0.1, 0.15) is 5.82 Å². The van der Waals surface area contributed by atoms with Crippen LogP contribution in [0.1, 0.15) is 30.1 Å². The number of benzene rings is 1. The van der Waals surface area contributed by atoms with Gasteiger partial charge < -0.3 is 4.90 Å². The molecule has 1 aliphatic rings. The van der Waals surface area contributed by atoms with Crippen molar-refractivity contribution in [1.82, 2.24) is 4.90 Å². The molecular weight excluding hydrogens is 281 g/mol. The van der Waals surface area contributed by atoms with E-state index in [-0.39, 0.29) is 22.7 Å². The molecule has 4 nitrogen and oxygen atoms in total. The van der Waals surface area contributed by atoms with Crippen molar-refractivity contribution >= 4 is 15.7 Å². The summed E-state index contributed by atoms with van der Waals surface area (Å²) in [6, 6.07) is 5.40. The van der Waals surface area contributed by atoms with Crippen LogP contribution in [0.2, 0.25) is 0 Å². The number of piperidine rings is 1. The highest BCUT2D eigenvalue weighted by Gasteiger charge is 2.30. The van der Waals surface area contributed by atoms with Crippen molar-refractivity contribution in [3.05, 3.63) is 35.6 Å². The lowest BCUT2D eigenvalue weighted by molar-refractivity contribution is 0.0725. The predicted octanol–water partition coefficient (Wildman–Crippen LogP) is 1.87. The molecule has 2 rings (SSSR count). The van der Waals surface area contributed by atoms with Gasteiger partial charge in [-0.05, 0) is 37.1 Å². The van der Waals surface area contributed by atoms with Crippen LogP contribution in [0.15, 0.2) is 24.3 Å². The molecule has 0 bridgehead atoms. The number of carbonyl (C=O) groups excluding carboxylic acids is 1. The van der Waals surface area contributed by atoms with Gasteiger partial charge in [0.05, 0.1) is 5.25 Å². The van der Waals surface area contributed by atoms with E-state index in [2.05, 4.69) is 0 Å². The summed E-state index contributed by atoms with van der Waals surface area (Å²) in [5.41, 5.74) is 0.434.